The fourth-order valence-electron chi connectivity index (χ4n) is 2.41. The van der Waals surface area contributed by atoms with Crippen molar-refractivity contribution in [1.29, 1.82) is 0 Å². The second-order valence-corrected chi connectivity index (χ2v) is 5.80. The van der Waals surface area contributed by atoms with Gasteiger partial charge in [-0.3, -0.25) is 4.90 Å². The number of hydrogen-bond donors (Lipinski definition) is 0. The SMILES string of the molecule is Fc1ccc(Br)cc1CN1CC2(CC2)C1. The van der Waals surface area contributed by atoms with Crippen molar-refractivity contribution in [2.45, 2.75) is 19.4 Å². The van der Waals surface area contributed by atoms with E-state index in [-0.39, 0.29) is 5.82 Å². The van der Waals surface area contributed by atoms with Gasteiger partial charge in [0.2, 0.25) is 0 Å². The molecule has 2 aliphatic rings. The Kier molecular flexibility index (Phi) is 2.15. The predicted octanol–water partition coefficient (Wildman–Crippen LogP) is 3.18. The van der Waals surface area contributed by atoms with Gasteiger partial charge in [-0.05, 0) is 36.5 Å². The van der Waals surface area contributed by atoms with Gasteiger partial charge in [0.1, 0.15) is 5.82 Å². The molecule has 3 heteroatoms. The van der Waals surface area contributed by atoms with Gasteiger partial charge in [0, 0.05) is 29.7 Å². The van der Waals surface area contributed by atoms with Crippen molar-refractivity contribution in [3.8, 4) is 0 Å². The van der Waals surface area contributed by atoms with Crippen molar-refractivity contribution in [2.24, 2.45) is 5.41 Å². The van der Waals surface area contributed by atoms with E-state index in [1.54, 1.807) is 6.07 Å². The van der Waals surface area contributed by atoms with Crippen molar-refractivity contribution in [2.75, 3.05) is 13.1 Å². The third-order valence-electron chi connectivity index (χ3n) is 3.48. The first-order chi connectivity index (χ1) is 7.17. The molecule has 15 heavy (non-hydrogen) atoms. The molecular weight excluding hydrogens is 257 g/mol. The number of rotatable bonds is 2. The van der Waals surface area contributed by atoms with Crippen molar-refractivity contribution in [3.05, 3.63) is 34.1 Å². The highest BCUT2D eigenvalue weighted by atomic mass is 79.9. The van der Waals surface area contributed by atoms with Crippen LogP contribution in [0, 0.1) is 11.2 Å². The Morgan fingerprint density at radius 2 is 2.07 bits per heavy atom. The van der Waals surface area contributed by atoms with Crippen LogP contribution < -0.4 is 0 Å². The molecule has 0 bridgehead atoms. The van der Waals surface area contributed by atoms with Crippen molar-refractivity contribution >= 4 is 15.9 Å². The summed E-state index contributed by atoms with van der Waals surface area (Å²) in [6.45, 7) is 3.09. The van der Waals surface area contributed by atoms with Crippen LogP contribution in [0.2, 0.25) is 0 Å². The number of halogens is 2. The van der Waals surface area contributed by atoms with Crippen molar-refractivity contribution in [1.82, 2.24) is 4.90 Å². The molecule has 1 spiro atoms. The Labute approximate surface area is 97.4 Å². The average Bonchev–Trinajstić information content (AvgIpc) is 2.90. The second-order valence-electron chi connectivity index (χ2n) is 4.88. The molecule has 0 N–H and O–H groups in total. The summed E-state index contributed by atoms with van der Waals surface area (Å²) in [5.41, 5.74) is 1.46. The Bertz CT molecular complexity index is 393. The maximum atomic E-state index is 13.5. The predicted molar refractivity (Wildman–Crippen MR) is 61.0 cm³/mol. The first-order valence-corrected chi connectivity index (χ1v) is 6.13. The standard InChI is InChI=1S/C12H13BrFN/c13-10-1-2-11(14)9(5-10)6-15-7-12(8-15)3-4-12/h1-2,5H,3-4,6-8H2. The minimum Gasteiger partial charge on any atom is -0.298 e. The molecule has 80 valence electrons. The maximum absolute atomic E-state index is 13.5. The highest BCUT2D eigenvalue weighted by Gasteiger charge is 2.51. The average molecular weight is 270 g/mol. The van der Waals surface area contributed by atoms with Gasteiger partial charge in [0.25, 0.3) is 0 Å². The van der Waals surface area contributed by atoms with Crippen molar-refractivity contribution < 1.29 is 4.39 Å². The van der Waals surface area contributed by atoms with Crippen molar-refractivity contribution in [3.63, 3.8) is 0 Å². The lowest BCUT2D eigenvalue weighted by atomic mass is 9.96. The molecule has 1 aromatic carbocycles. The van der Waals surface area contributed by atoms with E-state index in [2.05, 4.69) is 20.8 Å². The fraction of sp³-hybridized carbons (Fsp3) is 0.500. The van der Waals surface area contributed by atoms with Gasteiger partial charge in [-0.1, -0.05) is 15.9 Å². The Morgan fingerprint density at radius 3 is 2.73 bits per heavy atom. The Balaban J connectivity index is 1.68. The van der Waals surface area contributed by atoms with E-state index >= 15 is 0 Å². The third kappa shape index (κ3) is 1.83. The Hall–Kier alpha value is -0.410. The molecule has 1 nitrogen and oxygen atoms in total. The van der Waals surface area contributed by atoms with Crippen LogP contribution in [-0.4, -0.2) is 18.0 Å². The molecule has 1 heterocycles. The monoisotopic (exact) mass is 269 g/mol. The molecule has 2 fully saturated rings. The summed E-state index contributed by atoms with van der Waals surface area (Å²) in [7, 11) is 0. The van der Waals surface area contributed by atoms with E-state index in [1.807, 2.05) is 6.07 Å². The van der Waals surface area contributed by atoms with Gasteiger partial charge in [0.05, 0.1) is 0 Å². The molecule has 1 aromatic rings. The molecule has 1 aliphatic carbocycles. The van der Waals surface area contributed by atoms with E-state index in [0.717, 1.165) is 16.6 Å². The summed E-state index contributed by atoms with van der Waals surface area (Å²) in [4.78, 5) is 2.33. The minimum absolute atomic E-state index is 0.0880. The van der Waals surface area contributed by atoms with E-state index in [4.69, 9.17) is 0 Å². The summed E-state index contributed by atoms with van der Waals surface area (Å²) < 4.78 is 14.4. The van der Waals surface area contributed by atoms with E-state index < -0.39 is 0 Å². The van der Waals surface area contributed by atoms with Crippen LogP contribution in [0.15, 0.2) is 22.7 Å². The number of nitrogens with zero attached hydrogens (tertiary/aromatic N) is 1. The summed E-state index contributed by atoms with van der Waals surface area (Å²) in [5.74, 6) is -0.0880. The molecule has 0 atom stereocenters. The molecule has 0 aromatic heterocycles. The molecule has 1 saturated heterocycles. The molecule has 0 amide bonds. The fourth-order valence-corrected chi connectivity index (χ4v) is 2.82. The van der Waals surface area contributed by atoms with E-state index in [0.29, 0.717) is 5.41 Å². The topological polar surface area (TPSA) is 3.24 Å². The van der Waals surface area contributed by atoms with Gasteiger partial charge >= 0.3 is 0 Å². The van der Waals surface area contributed by atoms with Crippen LogP contribution in [0.1, 0.15) is 18.4 Å². The van der Waals surface area contributed by atoms with Crippen LogP contribution in [-0.2, 0) is 6.54 Å². The molecule has 1 aliphatic heterocycles. The maximum Gasteiger partial charge on any atom is 0.127 e. The highest BCUT2D eigenvalue weighted by Crippen LogP contribution is 2.53. The zero-order chi connectivity index (χ0) is 10.5. The minimum atomic E-state index is -0.0880. The second kappa shape index (κ2) is 3.29. The van der Waals surface area contributed by atoms with Crippen LogP contribution >= 0.6 is 15.9 Å². The van der Waals surface area contributed by atoms with Crippen LogP contribution in [0.5, 0.6) is 0 Å². The summed E-state index contributed by atoms with van der Waals surface area (Å²) in [5, 5.41) is 0. The molecular formula is C12H13BrFN. The smallest absolute Gasteiger partial charge is 0.127 e. The van der Waals surface area contributed by atoms with Gasteiger partial charge in [-0.15, -0.1) is 0 Å². The zero-order valence-corrected chi connectivity index (χ0v) is 10.1. The first kappa shape index (κ1) is 9.79. The number of hydrogen-bond acceptors (Lipinski definition) is 1. The van der Waals surface area contributed by atoms with E-state index in [1.165, 1.54) is 32.0 Å². The van der Waals surface area contributed by atoms with Crippen LogP contribution in [0.25, 0.3) is 0 Å². The van der Waals surface area contributed by atoms with Crippen LogP contribution in [0.3, 0.4) is 0 Å². The molecule has 3 rings (SSSR count). The van der Waals surface area contributed by atoms with Crippen LogP contribution in [0.4, 0.5) is 4.39 Å². The third-order valence-corrected chi connectivity index (χ3v) is 3.97. The quantitative estimate of drug-likeness (QED) is 0.797. The lowest BCUT2D eigenvalue weighted by Crippen LogP contribution is -2.47. The summed E-state index contributed by atoms with van der Waals surface area (Å²) in [6, 6.07) is 5.16. The van der Waals surface area contributed by atoms with Gasteiger partial charge in [0.15, 0.2) is 0 Å². The summed E-state index contributed by atoms with van der Waals surface area (Å²) in [6.07, 6.45) is 2.76. The number of likely N-dealkylation sites (tertiary alicyclic amines) is 1. The Morgan fingerprint density at radius 1 is 1.33 bits per heavy atom. The zero-order valence-electron chi connectivity index (χ0n) is 8.47. The molecule has 0 unspecified atom stereocenters. The first-order valence-electron chi connectivity index (χ1n) is 5.33. The lowest BCUT2D eigenvalue weighted by Gasteiger charge is -2.40. The summed E-state index contributed by atoms with van der Waals surface area (Å²) >= 11 is 3.38. The van der Waals surface area contributed by atoms with Gasteiger partial charge < -0.3 is 0 Å². The molecule has 0 radical (unpaired) electrons. The largest absolute Gasteiger partial charge is 0.298 e. The molecule has 1 saturated carbocycles. The highest BCUT2D eigenvalue weighted by molar-refractivity contribution is 9.10. The lowest BCUT2D eigenvalue weighted by molar-refractivity contribution is 0.0727. The van der Waals surface area contributed by atoms with Gasteiger partial charge in [-0.2, -0.15) is 0 Å². The van der Waals surface area contributed by atoms with Gasteiger partial charge in [-0.25, -0.2) is 4.39 Å². The normalized spacial score (nSPS) is 22.8. The van der Waals surface area contributed by atoms with E-state index in [9.17, 15) is 4.39 Å². The number of benzene rings is 1.